The molecule has 0 amide bonds. The zero-order chi connectivity index (χ0) is 10.1. The lowest BCUT2D eigenvalue weighted by Crippen LogP contribution is -2.33. The van der Waals surface area contributed by atoms with Gasteiger partial charge in [-0.05, 0) is 42.2 Å². The van der Waals surface area contributed by atoms with E-state index in [9.17, 15) is 0 Å². The van der Waals surface area contributed by atoms with Crippen molar-refractivity contribution in [2.45, 2.75) is 33.6 Å². The second-order valence-corrected chi connectivity index (χ2v) is 4.38. The predicted octanol–water partition coefficient (Wildman–Crippen LogP) is 1.85. The van der Waals surface area contributed by atoms with Gasteiger partial charge in [-0.25, -0.2) is 0 Å². The van der Waals surface area contributed by atoms with Crippen LogP contribution in [0.4, 0.5) is 0 Å². The predicted molar refractivity (Wildman–Crippen MR) is 60.0 cm³/mol. The molecule has 74 valence electrons. The maximum Gasteiger partial charge on any atom is 0.0345 e. The summed E-state index contributed by atoms with van der Waals surface area (Å²) >= 11 is 0. The van der Waals surface area contributed by atoms with Gasteiger partial charge in [0.05, 0.1) is 0 Å². The van der Waals surface area contributed by atoms with Gasteiger partial charge >= 0.3 is 0 Å². The molecular weight excluding hydrogens is 170 g/mol. The van der Waals surface area contributed by atoms with E-state index in [1.807, 2.05) is 12.4 Å². The Balaban J connectivity index is 2.83. The molecule has 1 aliphatic rings. The maximum absolute atomic E-state index is 4.23. The van der Waals surface area contributed by atoms with E-state index in [1.165, 1.54) is 28.9 Å². The first-order valence-corrected chi connectivity index (χ1v) is 5.33. The zero-order valence-electron chi connectivity index (χ0n) is 9.17. The van der Waals surface area contributed by atoms with Crippen LogP contribution in [-0.4, -0.2) is 4.98 Å². The normalized spacial score (nSPS) is 16.0. The number of fused-ring (bicyclic) bond motifs is 1. The first kappa shape index (κ1) is 9.45. The number of aromatic nitrogens is 1. The van der Waals surface area contributed by atoms with Gasteiger partial charge in [0.15, 0.2) is 0 Å². The van der Waals surface area contributed by atoms with Gasteiger partial charge < -0.3 is 0 Å². The second-order valence-electron chi connectivity index (χ2n) is 4.38. The molecule has 1 aromatic heterocycles. The molecule has 14 heavy (non-hydrogen) atoms. The molecule has 1 aliphatic carbocycles. The van der Waals surface area contributed by atoms with E-state index in [0.717, 1.165) is 0 Å². The first-order chi connectivity index (χ1) is 6.70. The number of hydrogen-bond acceptors (Lipinski definition) is 1. The smallest absolute Gasteiger partial charge is 0.0345 e. The lowest BCUT2D eigenvalue weighted by molar-refractivity contribution is 0.790. The summed E-state index contributed by atoms with van der Waals surface area (Å²) in [5.74, 6) is 0.644. The zero-order valence-corrected chi connectivity index (χ0v) is 9.17. The number of nitrogens with zero attached hydrogens (tertiary/aromatic N) is 1. The molecule has 0 radical (unpaired) electrons. The standard InChI is InChI=1S/C13H17N/c1-9(2)11-5-4-10(3)12-6-7-14-8-13(11)12/h6-9H,4-5H2,1-3H3. The van der Waals surface area contributed by atoms with E-state index in [4.69, 9.17) is 0 Å². The molecule has 0 bridgehead atoms. The van der Waals surface area contributed by atoms with Crippen LogP contribution in [0.2, 0.25) is 0 Å². The number of pyridine rings is 1. The average molecular weight is 187 g/mol. The number of rotatable bonds is 1. The Kier molecular flexibility index (Phi) is 2.40. The van der Waals surface area contributed by atoms with Crippen LogP contribution in [0.25, 0.3) is 11.1 Å². The Bertz CT molecular complexity index is 454. The van der Waals surface area contributed by atoms with E-state index < -0.39 is 0 Å². The molecule has 0 atom stereocenters. The Morgan fingerprint density at radius 3 is 2.71 bits per heavy atom. The molecule has 0 aliphatic heterocycles. The van der Waals surface area contributed by atoms with Crippen molar-refractivity contribution in [1.29, 1.82) is 0 Å². The van der Waals surface area contributed by atoms with Crippen molar-refractivity contribution in [3.63, 3.8) is 0 Å². The lowest BCUT2D eigenvalue weighted by Gasteiger charge is -2.16. The summed E-state index contributed by atoms with van der Waals surface area (Å²) in [7, 11) is 0. The minimum Gasteiger partial charge on any atom is -0.264 e. The third kappa shape index (κ3) is 1.47. The SMILES string of the molecule is CC1=c2ccncc2=C(C(C)C)CC1. The first-order valence-electron chi connectivity index (χ1n) is 5.33. The Labute approximate surface area is 85.2 Å². The molecule has 0 saturated heterocycles. The Morgan fingerprint density at radius 2 is 2.00 bits per heavy atom. The van der Waals surface area contributed by atoms with Crippen LogP contribution in [0.3, 0.4) is 0 Å². The maximum atomic E-state index is 4.23. The minimum atomic E-state index is 0.644. The van der Waals surface area contributed by atoms with Crippen molar-refractivity contribution in [3.8, 4) is 0 Å². The van der Waals surface area contributed by atoms with Gasteiger partial charge in [-0.3, -0.25) is 4.98 Å². The summed E-state index contributed by atoms with van der Waals surface area (Å²) < 4.78 is 0. The van der Waals surface area contributed by atoms with Crippen molar-refractivity contribution < 1.29 is 0 Å². The van der Waals surface area contributed by atoms with E-state index in [0.29, 0.717) is 5.92 Å². The van der Waals surface area contributed by atoms with Crippen LogP contribution < -0.4 is 10.4 Å². The highest BCUT2D eigenvalue weighted by Crippen LogP contribution is 2.20. The minimum absolute atomic E-state index is 0.644. The molecule has 1 aromatic rings. The molecule has 1 heteroatoms. The molecule has 0 fully saturated rings. The highest BCUT2D eigenvalue weighted by molar-refractivity contribution is 5.57. The summed E-state index contributed by atoms with van der Waals surface area (Å²) in [5.41, 5.74) is 3.07. The van der Waals surface area contributed by atoms with Gasteiger partial charge in [0.1, 0.15) is 0 Å². The fourth-order valence-electron chi connectivity index (χ4n) is 2.21. The quantitative estimate of drug-likeness (QED) is 0.654. The van der Waals surface area contributed by atoms with Crippen LogP contribution >= 0.6 is 0 Å². The largest absolute Gasteiger partial charge is 0.264 e. The summed E-state index contributed by atoms with van der Waals surface area (Å²) in [6, 6.07) is 2.15. The molecule has 1 nitrogen and oxygen atoms in total. The summed E-state index contributed by atoms with van der Waals surface area (Å²) in [4.78, 5) is 4.23. The van der Waals surface area contributed by atoms with Crippen molar-refractivity contribution >= 4 is 11.1 Å². The molecule has 1 heterocycles. The van der Waals surface area contributed by atoms with Gasteiger partial charge in [0.2, 0.25) is 0 Å². The van der Waals surface area contributed by atoms with Gasteiger partial charge in [0, 0.05) is 12.4 Å². The van der Waals surface area contributed by atoms with Crippen LogP contribution in [0.15, 0.2) is 18.5 Å². The van der Waals surface area contributed by atoms with Crippen molar-refractivity contribution in [1.82, 2.24) is 4.98 Å². The van der Waals surface area contributed by atoms with E-state index in [1.54, 1.807) is 5.57 Å². The van der Waals surface area contributed by atoms with Gasteiger partial charge in [-0.1, -0.05) is 25.0 Å². The molecule has 0 spiro atoms. The van der Waals surface area contributed by atoms with Gasteiger partial charge in [0.25, 0.3) is 0 Å². The average Bonchev–Trinajstić information content (AvgIpc) is 2.18. The fraction of sp³-hybridized carbons (Fsp3) is 0.462. The van der Waals surface area contributed by atoms with Crippen molar-refractivity contribution in [3.05, 3.63) is 28.9 Å². The fourth-order valence-corrected chi connectivity index (χ4v) is 2.21. The topological polar surface area (TPSA) is 12.9 Å². The van der Waals surface area contributed by atoms with Gasteiger partial charge in [-0.15, -0.1) is 0 Å². The molecule has 0 unspecified atom stereocenters. The molecule has 0 aromatic carbocycles. The Morgan fingerprint density at radius 1 is 1.21 bits per heavy atom. The van der Waals surface area contributed by atoms with E-state index in [-0.39, 0.29) is 0 Å². The van der Waals surface area contributed by atoms with Crippen molar-refractivity contribution in [2.24, 2.45) is 5.92 Å². The van der Waals surface area contributed by atoms with Crippen LogP contribution in [-0.2, 0) is 0 Å². The highest BCUT2D eigenvalue weighted by atomic mass is 14.6. The monoisotopic (exact) mass is 187 g/mol. The third-order valence-corrected chi connectivity index (χ3v) is 3.09. The van der Waals surface area contributed by atoms with Crippen LogP contribution in [0.5, 0.6) is 0 Å². The molecular formula is C13H17N. The van der Waals surface area contributed by atoms with E-state index >= 15 is 0 Å². The molecule has 2 rings (SSSR count). The molecule has 0 N–H and O–H groups in total. The Hall–Kier alpha value is -1.11. The van der Waals surface area contributed by atoms with Gasteiger partial charge in [-0.2, -0.15) is 0 Å². The van der Waals surface area contributed by atoms with E-state index in [2.05, 4.69) is 31.8 Å². The second kappa shape index (κ2) is 3.56. The summed E-state index contributed by atoms with van der Waals surface area (Å²) in [6.45, 7) is 6.77. The van der Waals surface area contributed by atoms with Crippen LogP contribution in [0.1, 0.15) is 33.6 Å². The van der Waals surface area contributed by atoms with Crippen molar-refractivity contribution in [2.75, 3.05) is 0 Å². The number of hydrogen-bond donors (Lipinski definition) is 0. The summed E-state index contributed by atoms with van der Waals surface area (Å²) in [6.07, 6.45) is 6.34. The molecule has 0 saturated carbocycles. The third-order valence-electron chi connectivity index (χ3n) is 3.09. The summed E-state index contributed by atoms with van der Waals surface area (Å²) in [5, 5.41) is 2.79. The lowest BCUT2D eigenvalue weighted by atomic mass is 9.89. The highest BCUT2D eigenvalue weighted by Gasteiger charge is 2.10. The van der Waals surface area contributed by atoms with Crippen LogP contribution in [0, 0.1) is 5.92 Å².